The van der Waals surface area contributed by atoms with E-state index in [1.807, 2.05) is 17.7 Å². The molecule has 2 atom stereocenters. The fourth-order valence-corrected chi connectivity index (χ4v) is 2.43. The maximum absolute atomic E-state index is 9.89. The Morgan fingerprint density at radius 1 is 1.28 bits per heavy atom. The number of aromatic nitrogens is 2. The first-order chi connectivity index (χ1) is 8.67. The van der Waals surface area contributed by atoms with Gasteiger partial charge in [-0.2, -0.15) is 5.10 Å². The van der Waals surface area contributed by atoms with Crippen LogP contribution in [0.1, 0.15) is 32.9 Å². The first-order valence-electron chi connectivity index (χ1n) is 6.79. The van der Waals surface area contributed by atoms with E-state index in [9.17, 15) is 5.11 Å². The van der Waals surface area contributed by atoms with Crippen LogP contribution in [0.25, 0.3) is 10.9 Å². The Labute approximate surface area is 108 Å². The largest absolute Gasteiger partial charge is 0.393 e. The number of nitrogens with zero attached hydrogens (tertiary/aromatic N) is 2. The highest BCUT2D eigenvalue weighted by atomic mass is 16.3. The summed E-state index contributed by atoms with van der Waals surface area (Å²) in [7, 11) is 0. The molecule has 0 saturated heterocycles. The van der Waals surface area contributed by atoms with Crippen molar-refractivity contribution in [1.82, 2.24) is 9.78 Å². The van der Waals surface area contributed by atoms with Crippen LogP contribution in [0.15, 0.2) is 24.3 Å². The third-order valence-corrected chi connectivity index (χ3v) is 3.62. The van der Waals surface area contributed by atoms with Gasteiger partial charge < -0.3 is 5.11 Å². The van der Waals surface area contributed by atoms with Gasteiger partial charge in [0.1, 0.15) is 0 Å². The molecule has 1 aromatic heterocycles. The summed E-state index contributed by atoms with van der Waals surface area (Å²) < 4.78 is 2.04. The normalized spacial score (nSPS) is 14.9. The fraction of sp³-hybridized carbons (Fsp3) is 0.533. The number of hydrogen-bond acceptors (Lipinski definition) is 2. The molecule has 2 rings (SSSR count). The Bertz CT molecular complexity index is 518. The van der Waals surface area contributed by atoms with Gasteiger partial charge in [-0.05, 0) is 31.7 Å². The maximum Gasteiger partial charge on any atom is 0.0707 e. The van der Waals surface area contributed by atoms with E-state index in [0.717, 1.165) is 25.1 Å². The molecule has 0 spiro atoms. The first-order valence-corrected chi connectivity index (χ1v) is 6.79. The zero-order valence-electron chi connectivity index (χ0n) is 11.4. The lowest BCUT2D eigenvalue weighted by molar-refractivity contribution is 0.112. The molecule has 1 N–H and O–H groups in total. The standard InChI is InChI=1S/C15H22N2O/c1-4-15(18)11(3)10-13-12-8-6-7-9-14(12)17(5-2)16-13/h6-9,11,15,18H,4-5,10H2,1-3H3. The summed E-state index contributed by atoms with van der Waals surface area (Å²) in [6.07, 6.45) is 1.39. The number of aliphatic hydroxyl groups excluding tert-OH is 1. The van der Waals surface area contributed by atoms with Gasteiger partial charge in [-0.1, -0.05) is 32.0 Å². The monoisotopic (exact) mass is 246 g/mol. The third kappa shape index (κ3) is 2.41. The van der Waals surface area contributed by atoms with Crippen molar-refractivity contribution in [2.24, 2.45) is 5.92 Å². The number of hydrogen-bond donors (Lipinski definition) is 1. The summed E-state index contributed by atoms with van der Waals surface area (Å²) >= 11 is 0. The van der Waals surface area contributed by atoms with Gasteiger partial charge in [-0.25, -0.2) is 0 Å². The quantitative estimate of drug-likeness (QED) is 0.880. The van der Waals surface area contributed by atoms with E-state index in [4.69, 9.17) is 0 Å². The van der Waals surface area contributed by atoms with Gasteiger partial charge in [0.15, 0.2) is 0 Å². The lowest BCUT2D eigenvalue weighted by Crippen LogP contribution is -2.18. The molecule has 0 amide bonds. The molecule has 18 heavy (non-hydrogen) atoms. The van der Waals surface area contributed by atoms with Crippen molar-refractivity contribution >= 4 is 10.9 Å². The molecule has 3 nitrogen and oxygen atoms in total. The van der Waals surface area contributed by atoms with Gasteiger partial charge in [0, 0.05) is 11.9 Å². The summed E-state index contributed by atoms with van der Waals surface area (Å²) in [5.41, 5.74) is 2.29. The Kier molecular flexibility index (Phi) is 4.02. The van der Waals surface area contributed by atoms with Crippen LogP contribution < -0.4 is 0 Å². The van der Waals surface area contributed by atoms with Crippen LogP contribution >= 0.6 is 0 Å². The molecule has 2 unspecified atom stereocenters. The lowest BCUT2D eigenvalue weighted by Gasteiger charge is -2.15. The number of fused-ring (bicyclic) bond motifs is 1. The minimum Gasteiger partial charge on any atom is -0.393 e. The van der Waals surface area contributed by atoms with Crippen molar-refractivity contribution in [3.05, 3.63) is 30.0 Å². The number of para-hydroxylation sites is 1. The van der Waals surface area contributed by atoms with Crippen molar-refractivity contribution in [2.45, 2.75) is 46.3 Å². The zero-order chi connectivity index (χ0) is 13.1. The van der Waals surface area contributed by atoms with Gasteiger partial charge in [-0.3, -0.25) is 4.68 Å². The van der Waals surface area contributed by atoms with Crippen LogP contribution in [0, 0.1) is 5.92 Å². The highest BCUT2D eigenvalue weighted by Gasteiger charge is 2.17. The average Bonchev–Trinajstić information content (AvgIpc) is 2.76. The number of benzene rings is 1. The average molecular weight is 246 g/mol. The Hall–Kier alpha value is -1.35. The summed E-state index contributed by atoms with van der Waals surface area (Å²) in [6, 6.07) is 8.32. The number of rotatable bonds is 5. The molecule has 0 saturated carbocycles. The molecule has 0 aliphatic rings. The van der Waals surface area contributed by atoms with Crippen LogP contribution in [-0.2, 0) is 13.0 Å². The molecule has 3 heteroatoms. The predicted molar refractivity (Wildman–Crippen MR) is 74.6 cm³/mol. The van der Waals surface area contributed by atoms with Gasteiger partial charge in [0.2, 0.25) is 0 Å². The smallest absolute Gasteiger partial charge is 0.0707 e. The van der Waals surface area contributed by atoms with Crippen LogP contribution in [0.2, 0.25) is 0 Å². The summed E-state index contributed by atoms with van der Waals surface area (Å²) in [6.45, 7) is 7.09. The van der Waals surface area contributed by atoms with Crippen LogP contribution in [0.5, 0.6) is 0 Å². The van der Waals surface area contributed by atoms with E-state index in [0.29, 0.717) is 0 Å². The summed E-state index contributed by atoms with van der Waals surface area (Å²) in [4.78, 5) is 0. The summed E-state index contributed by atoms with van der Waals surface area (Å²) in [5, 5.41) is 15.8. The minimum atomic E-state index is -0.240. The van der Waals surface area contributed by atoms with E-state index in [1.54, 1.807) is 0 Å². The van der Waals surface area contributed by atoms with E-state index in [2.05, 4.69) is 37.1 Å². The Morgan fingerprint density at radius 3 is 2.67 bits per heavy atom. The molecular weight excluding hydrogens is 224 g/mol. The number of aryl methyl sites for hydroxylation is 1. The number of aliphatic hydroxyl groups is 1. The topological polar surface area (TPSA) is 38.1 Å². The van der Waals surface area contributed by atoms with Crippen LogP contribution in [0.4, 0.5) is 0 Å². The van der Waals surface area contributed by atoms with Crippen molar-refractivity contribution in [3.63, 3.8) is 0 Å². The molecular formula is C15H22N2O. The van der Waals surface area contributed by atoms with E-state index in [-0.39, 0.29) is 12.0 Å². The molecule has 0 aliphatic heterocycles. The Morgan fingerprint density at radius 2 is 2.00 bits per heavy atom. The minimum absolute atomic E-state index is 0.240. The maximum atomic E-state index is 9.89. The lowest BCUT2D eigenvalue weighted by atomic mass is 9.96. The first kappa shape index (κ1) is 13.1. The van der Waals surface area contributed by atoms with Crippen molar-refractivity contribution < 1.29 is 5.11 Å². The van der Waals surface area contributed by atoms with E-state index in [1.165, 1.54) is 10.9 Å². The highest BCUT2D eigenvalue weighted by molar-refractivity contribution is 5.81. The van der Waals surface area contributed by atoms with Gasteiger partial charge in [0.25, 0.3) is 0 Å². The second-order valence-corrected chi connectivity index (χ2v) is 4.94. The zero-order valence-corrected chi connectivity index (χ0v) is 11.4. The van der Waals surface area contributed by atoms with E-state index < -0.39 is 0 Å². The second-order valence-electron chi connectivity index (χ2n) is 4.94. The van der Waals surface area contributed by atoms with Crippen molar-refractivity contribution in [2.75, 3.05) is 0 Å². The Balaban J connectivity index is 2.33. The molecule has 0 aliphatic carbocycles. The van der Waals surface area contributed by atoms with E-state index >= 15 is 0 Å². The van der Waals surface area contributed by atoms with Crippen LogP contribution in [-0.4, -0.2) is 21.0 Å². The molecule has 0 fully saturated rings. The highest BCUT2D eigenvalue weighted by Crippen LogP contribution is 2.22. The molecule has 0 radical (unpaired) electrons. The van der Waals surface area contributed by atoms with Gasteiger partial charge >= 0.3 is 0 Å². The second kappa shape index (κ2) is 5.53. The van der Waals surface area contributed by atoms with Gasteiger partial charge in [0.05, 0.1) is 17.3 Å². The van der Waals surface area contributed by atoms with Gasteiger partial charge in [-0.15, -0.1) is 0 Å². The molecule has 0 bridgehead atoms. The molecule has 1 aromatic carbocycles. The van der Waals surface area contributed by atoms with Crippen molar-refractivity contribution in [1.29, 1.82) is 0 Å². The predicted octanol–water partition coefficient (Wildman–Crippen LogP) is 3.01. The van der Waals surface area contributed by atoms with Crippen LogP contribution in [0.3, 0.4) is 0 Å². The van der Waals surface area contributed by atoms with Crippen molar-refractivity contribution in [3.8, 4) is 0 Å². The third-order valence-electron chi connectivity index (χ3n) is 3.62. The molecule has 2 aromatic rings. The molecule has 98 valence electrons. The summed E-state index contributed by atoms with van der Waals surface area (Å²) in [5.74, 6) is 0.249. The fourth-order valence-electron chi connectivity index (χ4n) is 2.43. The molecule has 1 heterocycles. The SMILES string of the molecule is CCC(O)C(C)Cc1nn(CC)c2ccccc12.